The molecule has 3 nitrogen and oxygen atoms in total. The van der Waals surface area contributed by atoms with Crippen LogP contribution >= 0.6 is 0 Å². The zero-order valence-electron chi connectivity index (χ0n) is 12.1. The zero-order chi connectivity index (χ0) is 15.2. The third kappa shape index (κ3) is 4.14. The first-order valence-electron chi connectivity index (χ1n) is 6.72. The highest BCUT2D eigenvalue weighted by atomic mass is 16.2. The molecule has 0 bridgehead atoms. The molecule has 0 saturated carbocycles. The van der Waals surface area contributed by atoms with Gasteiger partial charge in [0.2, 0.25) is 11.7 Å². The number of amides is 1. The van der Waals surface area contributed by atoms with Crippen molar-refractivity contribution < 1.29 is 9.59 Å². The van der Waals surface area contributed by atoms with Crippen molar-refractivity contribution in [3.05, 3.63) is 77.0 Å². The van der Waals surface area contributed by atoms with Crippen LogP contribution in [-0.4, -0.2) is 11.7 Å². The quantitative estimate of drug-likeness (QED) is 0.689. The molecule has 0 fully saturated rings. The van der Waals surface area contributed by atoms with E-state index in [0.29, 0.717) is 5.56 Å². The second kappa shape index (κ2) is 6.66. The second-order valence-corrected chi connectivity index (χ2v) is 4.85. The van der Waals surface area contributed by atoms with E-state index in [4.69, 9.17) is 0 Å². The van der Waals surface area contributed by atoms with Gasteiger partial charge in [0, 0.05) is 12.5 Å². The van der Waals surface area contributed by atoms with Gasteiger partial charge in [0.05, 0.1) is 5.70 Å². The number of Topliss-reactive ketones (excluding diaryl/α,β-unsaturated/α-hetero) is 1. The third-order valence-corrected chi connectivity index (χ3v) is 2.98. The lowest BCUT2D eigenvalue weighted by Gasteiger charge is -2.08. The molecule has 21 heavy (non-hydrogen) atoms. The number of aryl methyl sites for hydroxylation is 1. The van der Waals surface area contributed by atoms with Crippen molar-refractivity contribution >= 4 is 17.8 Å². The van der Waals surface area contributed by atoms with E-state index in [1.807, 2.05) is 37.3 Å². The van der Waals surface area contributed by atoms with Crippen molar-refractivity contribution in [2.45, 2.75) is 13.8 Å². The Kier molecular flexibility index (Phi) is 4.67. The molecule has 2 aromatic carbocycles. The summed E-state index contributed by atoms with van der Waals surface area (Å²) in [7, 11) is 0. The van der Waals surface area contributed by atoms with E-state index in [2.05, 4.69) is 5.32 Å². The Morgan fingerprint density at radius 3 is 2.14 bits per heavy atom. The summed E-state index contributed by atoms with van der Waals surface area (Å²) in [6.07, 6.45) is 1.69. The van der Waals surface area contributed by atoms with Crippen LogP contribution in [0.3, 0.4) is 0 Å². The molecule has 3 heteroatoms. The van der Waals surface area contributed by atoms with Gasteiger partial charge in [-0.1, -0.05) is 60.2 Å². The smallest absolute Gasteiger partial charge is 0.221 e. The topological polar surface area (TPSA) is 46.2 Å². The molecule has 0 spiro atoms. The highest BCUT2D eigenvalue weighted by Crippen LogP contribution is 2.12. The van der Waals surface area contributed by atoms with Gasteiger partial charge in [0.25, 0.3) is 0 Å². The fraction of sp³-hybridized carbons (Fsp3) is 0.111. The fourth-order valence-corrected chi connectivity index (χ4v) is 1.92. The molecule has 0 radical (unpaired) electrons. The summed E-state index contributed by atoms with van der Waals surface area (Å²) in [6, 6.07) is 16.6. The first kappa shape index (κ1) is 14.7. The summed E-state index contributed by atoms with van der Waals surface area (Å²) in [4.78, 5) is 23.8. The molecular weight excluding hydrogens is 262 g/mol. The summed E-state index contributed by atoms with van der Waals surface area (Å²) in [6.45, 7) is 3.39. The maximum atomic E-state index is 12.5. The minimum atomic E-state index is -0.266. The van der Waals surface area contributed by atoms with Crippen LogP contribution in [0.4, 0.5) is 0 Å². The Bertz CT molecular complexity index is 670. The van der Waals surface area contributed by atoms with E-state index in [0.717, 1.165) is 11.1 Å². The van der Waals surface area contributed by atoms with Crippen molar-refractivity contribution in [2.24, 2.45) is 0 Å². The Balaban J connectivity index is 2.36. The lowest BCUT2D eigenvalue weighted by Crippen LogP contribution is -2.24. The largest absolute Gasteiger partial charge is 0.323 e. The van der Waals surface area contributed by atoms with Crippen LogP contribution in [0.25, 0.3) is 6.08 Å². The van der Waals surface area contributed by atoms with Crippen molar-refractivity contribution in [1.29, 1.82) is 0 Å². The monoisotopic (exact) mass is 279 g/mol. The van der Waals surface area contributed by atoms with E-state index < -0.39 is 0 Å². The van der Waals surface area contributed by atoms with E-state index in [9.17, 15) is 9.59 Å². The first-order valence-corrected chi connectivity index (χ1v) is 6.72. The van der Waals surface area contributed by atoms with Gasteiger partial charge >= 0.3 is 0 Å². The molecule has 1 N–H and O–H groups in total. The van der Waals surface area contributed by atoms with Gasteiger partial charge in [-0.25, -0.2) is 0 Å². The molecule has 2 aromatic rings. The maximum absolute atomic E-state index is 12.5. The van der Waals surface area contributed by atoms with E-state index in [-0.39, 0.29) is 17.4 Å². The summed E-state index contributed by atoms with van der Waals surface area (Å²) < 4.78 is 0. The van der Waals surface area contributed by atoms with Crippen LogP contribution in [-0.2, 0) is 4.79 Å². The van der Waals surface area contributed by atoms with Crippen LogP contribution in [0, 0.1) is 6.92 Å². The van der Waals surface area contributed by atoms with Crippen LogP contribution in [0.15, 0.2) is 60.3 Å². The number of hydrogen-bond acceptors (Lipinski definition) is 2. The molecule has 2 rings (SSSR count). The summed E-state index contributed by atoms with van der Waals surface area (Å²) >= 11 is 0. The number of rotatable bonds is 4. The average molecular weight is 279 g/mol. The van der Waals surface area contributed by atoms with Gasteiger partial charge < -0.3 is 5.32 Å². The SMILES string of the molecule is CC(=O)NC(=Cc1ccc(C)cc1)C(=O)c1ccccc1. The van der Waals surface area contributed by atoms with E-state index in [1.54, 1.807) is 30.3 Å². The lowest BCUT2D eigenvalue weighted by molar-refractivity contribution is -0.118. The number of ketones is 1. The minimum Gasteiger partial charge on any atom is -0.323 e. The fourth-order valence-electron chi connectivity index (χ4n) is 1.92. The Morgan fingerprint density at radius 2 is 1.57 bits per heavy atom. The second-order valence-electron chi connectivity index (χ2n) is 4.85. The molecule has 0 atom stereocenters. The van der Waals surface area contributed by atoms with Crippen LogP contribution in [0.2, 0.25) is 0 Å². The third-order valence-electron chi connectivity index (χ3n) is 2.98. The molecule has 0 saturated heterocycles. The average Bonchev–Trinajstić information content (AvgIpc) is 2.48. The van der Waals surface area contributed by atoms with Gasteiger partial charge in [-0.2, -0.15) is 0 Å². The number of carbonyl (C=O) groups excluding carboxylic acids is 2. The van der Waals surface area contributed by atoms with Gasteiger partial charge in [-0.15, -0.1) is 0 Å². The number of nitrogens with one attached hydrogen (secondary N) is 1. The molecule has 0 aliphatic heterocycles. The molecule has 1 amide bonds. The Morgan fingerprint density at radius 1 is 0.952 bits per heavy atom. The number of allylic oxidation sites excluding steroid dienone is 1. The van der Waals surface area contributed by atoms with E-state index >= 15 is 0 Å². The summed E-state index contributed by atoms with van der Waals surface area (Å²) in [5, 5.41) is 2.61. The van der Waals surface area contributed by atoms with Gasteiger partial charge in [-0.3, -0.25) is 9.59 Å². The molecule has 0 aliphatic rings. The summed E-state index contributed by atoms with van der Waals surface area (Å²) in [5.41, 5.74) is 2.83. The Labute approximate surface area is 124 Å². The van der Waals surface area contributed by atoms with Crippen LogP contribution in [0.1, 0.15) is 28.4 Å². The maximum Gasteiger partial charge on any atom is 0.221 e. The Hall–Kier alpha value is -2.68. The number of benzene rings is 2. The van der Waals surface area contributed by atoms with Crippen molar-refractivity contribution in [3.8, 4) is 0 Å². The minimum absolute atomic E-state index is 0.202. The van der Waals surface area contributed by atoms with Gasteiger partial charge in [0.15, 0.2) is 0 Å². The highest BCUT2D eigenvalue weighted by molar-refractivity contribution is 6.12. The standard InChI is InChI=1S/C18H17NO2/c1-13-8-10-15(11-9-13)12-17(19-14(2)20)18(21)16-6-4-3-5-7-16/h3-12H,1-2H3,(H,19,20). The normalized spacial score (nSPS) is 11.0. The van der Waals surface area contributed by atoms with Crippen LogP contribution < -0.4 is 5.32 Å². The molecule has 0 heterocycles. The molecule has 0 unspecified atom stereocenters. The molecule has 106 valence electrons. The predicted octanol–water partition coefficient (Wildman–Crippen LogP) is 3.35. The molecule has 0 aromatic heterocycles. The highest BCUT2D eigenvalue weighted by Gasteiger charge is 2.13. The van der Waals surface area contributed by atoms with Gasteiger partial charge in [-0.05, 0) is 18.6 Å². The predicted molar refractivity (Wildman–Crippen MR) is 83.7 cm³/mol. The number of hydrogen-bond donors (Lipinski definition) is 1. The lowest BCUT2D eigenvalue weighted by atomic mass is 10.1. The van der Waals surface area contributed by atoms with Crippen molar-refractivity contribution in [1.82, 2.24) is 5.32 Å². The van der Waals surface area contributed by atoms with Crippen LogP contribution in [0.5, 0.6) is 0 Å². The van der Waals surface area contributed by atoms with E-state index in [1.165, 1.54) is 6.92 Å². The molecular formula is C18H17NO2. The number of carbonyl (C=O) groups is 2. The molecule has 0 aliphatic carbocycles. The van der Waals surface area contributed by atoms with Gasteiger partial charge in [0.1, 0.15) is 0 Å². The van der Waals surface area contributed by atoms with Crippen molar-refractivity contribution in [3.63, 3.8) is 0 Å². The zero-order valence-corrected chi connectivity index (χ0v) is 12.1. The van der Waals surface area contributed by atoms with Crippen molar-refractivity contribution in [2.75, 3.05) is 0 Å². The first-order chi connectivity index (χ1) is 10.1. The summed E-state index contributed by atoms with van der Waals surface area (Å²) in [5.74, 6) is -0.469.